The molecule has 1 aromatic heterocycles. The Kier molecular flexibility index (Phi) is 5.14. The van der Waals surface area contributed by atoms with Gasteiger partial charge in [0.05, 0.1) is 34.9 Å². The van der Waals surface area contributed by atoms with E-state index in [0.717, 1.165) is 0 Å². The first-order valence-corrected chi connectivity index (χ1v) is 10.2. The van der Waals surface area contributed by atoms with Crippen molar-refractivity contribution in [1.29, 1.82) is 0 Å². The molecule has 0 aliphatic carbocycles. The second kappa shape index (κ2) is 7.32. The zero-order valence-electron chi connectivity index (χ0n) is 13.2. The molecule has 1 aliphatic heterocycles. The summed E-state index contributed by atoms with van der Waals surface area (Å²) in [5.41, 5.74) is 0.608. The number of anilines is 1. The molecule has 0 saturated heterocycles. The number of hydrogen-bond acceptors (Lipinski definition) is 6. The number of hydrogen-bond donors (Lipinski definition) is 2. The van der Waals surface area contributed by atoms with Crippen molar-refractivity contribution in [2.45, 2.75) is 22.8 Å². The van der Waals surface area contributed by atoms with Crippen molar-refractivity contribution in [3.63, 3.8) is 0 Å². The third-order valence-electron chi connectivity index (χ3n) is 3.58. The van der Waals surface area contributed by atoms with E-state index in [0.29, 0.717) is 16.3 Å². The van der Waals surface area contributed by atoms with Crippen molar-refractivity contribution in [1.82, 2.24) is 5.32 Å². The molecule has 1 aliphatic rings. The minimum atomic E-state index is -3.58. The molecule has 2 aromatic rings. The summed E-state index contributed by atoms with van der Waals surface area (Å²) < 4.78 is 29.9. The second-order valence-corrected chi connectivity index (χ2v) is 8.55. The number of sulfone groups is 1. The monoisotopic (exact) mass is 380 g/mol. The number of carbonyl (C=O) groups is 2. The molecule has 2 N–H and O–H groups in total. The lowest BCUT2D eigenvalue weighted by molar-refractivity contribution is -0.121. The Hall–Kier alpha value is -2.26. The molecule has 0 fully saturated rings. The van der Waals surface area contributed by atoms with E-state index in [1.165, 1.54) is 30.2 Å². The molecule has 0 saturated carbocycles. The number of amides is 2. The van der Waals surface area contributed by atoms with E-state index in [1.54, 1.807) is 18.2 Å². The van der Waals surface area contributed by atoms with Gasteiger partial charge in [0.25, 0.3) is 0 Å². The van der Waals surface area contributed by atoms with Gasteiger partial charge in [0.1, 0.15) is 5.76 Å². The van der Waals surface area contributed by atoms with Gasteiger partial charge >= 0.3 is 0 Å². The molecule has 0 spiro atoms. The standard InChI is InChI=1S/C16H16N2O5S2/c19-15(17-9-11-2-1-6-23-11)5-7-25(21,22)12-3-4-13-14(8-12)24-10-16(20)18-13/h1-4,6,8H,5,7,9-10H2,(H,17,19)(H,18,20). The van der Waals surface area contributed by atoms with Gasteiger partial charge in [-0.25, -0.2) is 8.42 Å². The molecule has 1 aromatic carbocycles. The molecule has 2 heterocycles. The molecule has 9 heteroatoms. The fraction of sp³-hybridized carbons (Fsp3) is 0.250. The van der Waals surface area contributed by atoms with Gasteiger partial charge in [-0.1, -0.05) is 0 Å². The average molecular weight is 380 g/mol. The summed E-state index contributed by atoms with van der Waals surface area (Å²) in [6.45, 7) is 0.223. The number of nitrogens with one attached hydrogen (secondary N) is 2. The lowest BCUT2D eigenvalue weighted by Gasteiger charge is -2.17. The SMILES string of the molecule is O=C(CCS(=O)(=O)c1ccc2c(c1)SCC(=O)N2)NCc1ccco1. The smallest absolute Gasteiger partial charge is 0.234 e. The van der Waals surface area contributed by atoms with Crippen LogP contribution in [0.4, 0.5) is 5.69 Å². The van der Waals surface area contributed by atoms with Gasteiger partial charge in [-0.3, -0.25) is 9.59 Å². The van der Waals surface area contributed by atoms with Gasteiger partial charge in [0.2, 0.25) is 11.8 Å². The fourth-order valence-electron chi connectivity index (χ4n) is 2.28. The average Bonchev–Trinajstić information content (AvgIpc) is 3.11. The highest BCUT2D eigenvalue weighted by Crippen LogP contribution is 2.33. The molecule has 2 amide bonds. The van der Waals surface area contributed by atoms with E-state index in [-0.39, 0.29) is 41.2 Å². The summed E-state index contributed by atoms with van der Waals surface area (Å²) in [6.07, 6.45) is 1.37. The highest BCUT2D eigenvalue weighted by Gasteiger charge is 2.21. The molecule has 0 atom stereocenters. The van der Waals surface area contributed by atoms with Crippen LogP contribution in [0.1, 0.15) is 12.2 Å². The van der Waals surface area contributed by atoms with Crippen LogP contribution in [0.3, 0.4) is 0 Å². The summed E-state index contributed by atoms with van der Waals surface area (Å²) in [7, 11) is -3.58. The largest absolute Gasteiger partial charge is 0.467 e. The first-order valence-electron chi connectivity index (χ1n) is 7.52. The Morgan fingerprint density at radius 2 is 2.16 bits per heavy atom. The van der Waals surface area contributed by atoms with Crippen LogP contribution in [-0.2, 0) is 26.0 Å². The third kappa shape index (κ3) is 4.43. The van der Waals surface area contributed by atoms with Gasteiger partial charge in [-0.15, -0.1) is 11.8 Å². The molecule has 0 unspecified atom stereocenters. The lowest BCUT2D eigenvalue weighted by Crippen LogP contribution is -2.25. The minimum Gasteiger partial charge on any atom is -0.467 e. The Morgan fingerprint density at radius 1 is 1.32 bits per heavy atom. The Balaban J connectivity index is 1.60. The zero-order valence-corrected chi connectivity index (χ0v) is 14.8. The first kappa shape index (κ1) is 17.6. The molecule has 7 nitrogen and oxygen atoms in total. The number of thioether (sulfide) groups is 1. The molecule has 132 valence electrons. The second-order valence-electron chi connectivity index (χ2n) is 5.42. The number of benzene rings is 1. The predicted molar refractivity (Wildman–Crippen MR) is 93.0 cm³/mol. The summed E-state index contributed by atoms with van der Waals surface area (Å²) in [6, 6.07) is 7.99. The predicted octanol–water partition coefficient (Wildman–Crippen LogP) is 1.80. The normalized spacial score (nSPS) is 13.8. The van der Waals surface area contributed by atoms with Crippen LogP contribution in [-0.4, -0.2) is 31.7 Å². The molecule has 25 heavy (non-hydrogen) atoms. The number of carbonyl (C=O) groups excluding carboxylic acids is 2. The van der Waals surface area contributed by atoms with E-state index in [4.69, 9.17) is 4.42 Å². The Morgan fingerprint density at radius 3 is 2.92 bits per heavy atom. The van der Waals surface area contributed by atoms with Crippen molar-refractivity contribution in [2.24, 2.45) is 0 Å². The number of furan rings is 1. The van der Waals surface area contributed by atoms with Crippen LogP contribution in [0, 0.1) is 0 Å². The van der Waals surface area contributed by atoms with Gasteiger partial charge in [-0.2, -0.15) is 0 Å². The molecular weight excluding hydrogens is 364 g/mol. The number of fused-ring (bicyclic) bond motifs is 1. The van der Waals surface area contributed by atoms with Crippen molar-refractivity contribution < 1.29 is 22.4 Å². The molecule has 3 rings (SSSR count). The minimum absolute atomic E-state index is 0.110. The van der Waals surface area contributed by atoms with Crippen molar-refractivity contribution in [3.8, 4) is 0 Å². The zero-order chi connectivity index (χ0) is 17.9. The van der Waals surface area contributed by atoms with Crippen molar-refractivity contribution in [2.75, 3.05) is 16.8 Å². The third-order valence-corrected chi connectivity index (χ3v) is 6.35. The van der Waals surface area contributed by atoms with Gasteiger partial charge in [-0.05, 0) is 30.3 Å². The van der Waals surface area contributed by atoms with Crippen LogP contribution in [0.25, 0.3) is 0 Å². The molecule has 0 bridgehead atoms. The summed E-state index contributed by atoms with van der Waals surface area (Å²) in [5.74, 6) is 0.101. The van der Waals surface area contributed by atoms with Gasteiger partial charge < -0.3 is 15.1 Å². The van der Waals surface area contributed by atoms with E-state index < -0.39 is 9.84 Å². The maximum atomic E-state index is 12.4. The lowest BCUT2D eigenvalue weighted by atomic mass is 10.3. The highest BCUT2D eigenvalue weighted by molar-refractivity contribution is 8.00. The first-order chi connectivity index (χ1) is 11.9. The van der Waals surface area contributed by atoms with Gasteiger partial charge in [0, 0.05) is 11.3 Å². The van der Waals surface area contributed by atoms with Crippen LogP contribution >= 0.6 is 11.8 Å². The van der Waals surface area contributed by atoms with Crippen LogP contribution in [0.15, 0.2) is 50.8 Å². The van der Waals surface area contributed by atoms with E-state index >= 15 is 0 Å². The Labute approximate surface area is 149 Å². The van der Waals surface area contributed by atoms with Crippen molar-refractivity contribution in [3.05, 3.63) is 42.4 Å². The summed E-state index contributed by atoms with van der Waals surface area (Å²) in [4.78, 5) is 24.0. The summed E-state index contributed by atoms with van der Waals surface area (Å²) >= 11 is 1.29. The van der Waals surface area contributed by atoms with E-state index in [2.05, 4.69) is 10.6 Å². The Bertz CT molecular complexity index is 891. The molecule has 0 radical (unpaired) electrons. The summed E-state index contributed by atoms with van der Waals surface area (Å²) in [5, 5.41) is 5.31. The van der Waals surface area contributed by atoms with Crippen LogP contribution in [0.5, 0.6) is 0 Å². The van der Waals surface area contributed by atoms with E-state index in [9.17, 15) is 18.0 Å². The highest BCUT2D eigenvalue weighted by atomic mass is 32.2. The van der Waals surface area contributed by atoms with Gasteiger partial charge in [0.15, 0.2) is 9.84 Å². The molecular formula is C16H16N2O5S2. The quantitative estimate of drug-likeness (QED) is 0.792. The maximum absolute atomic E-state index is 12.4. The topological polar surface area (TPSA) is 105 Å². The van der Waals surface area contributed by atoms with Crippen molar-refractivity contribution >= 4 is 39.1 Å². The van der Waals surface area contributed by atoms with Crippen LogP contribution in [0.2, 0.25) is 0 Å². The number of rotatable bonds is 6. The van der Waals surface area contributed by atoms with E-state index in [1.807, 2.05) is 0 Å². The maximum Gasteiger partial charge on any atom is 0.234 e. The van der Waals surface area contributed by atoms with Crippen LogP contribution < -0.4 is 10.6 Å². The fourth-order valence-corrected chi connectivity index (χ4v) is 4.46.